The SMILES string of the molecule is CC(C)[Si](OC[C@@]12CC[C@H]3[C@H](C)CC[C@@H](O)[C@]3(C)[C@H]1[C@@H]1OC(C)(C)O[C@@H]1[C@H](C)C2)(C(C)C)C(C)C. The first-order valence-electron chi connectivity index (χ1n) is 14.8. The minimum Gasteiger partial charge on any atom is -0.415 e. The van der Waals surface area contributed by atoms with E-state index in [0.29, 0.717) is 34.4 Å². The van der Waals surface area contributed by atoms with Gasteiger partial charge in [0.2, 0.25) is 0 Å². The fourth-order valence-corrected chi connectivity index (χ4v) is 15.8. The second kappa shape index (κ2) is 9.36. The molecule has 35 heavy (non-hydrogen) atoms. The van der Waals surface area contributed by atoms with Gasteiger partial charge < -0.3 is 19.0 Å². The molecule has 1 saturated heterocycles. The maximum absolute atomic E-state index is 11.7. The van der Waals surface area contributed by atoms with Gasteiger partial charge in [-0.05, 0) is 85.7 Å². The van der Waals surface area contributed by atoms with E-state index in [9.17, 15) is 5.11 Å². The van der Waals surface area contributed by atoms with Crippen LogP contribution in [0.25, 0.3) is 0 Å². The average Bonchev–Trinajstić information content (AvgIpc) is 3.06. The highest BCUT2D eigenvalue weighted by atomic mass is 28.4. The summed E-state index contributed by atoms with van der Waals surface area (Å²) in [5.74, 6) is 1.29. The summed E-state index contributed by atoms with van der Waals surface area (Å²) in [4.78, 5) is 0. The molecule has 0 aromatic heterocycles. The van der Waals surface area contributed by atoms with Crippen LogP contribution >= 0.6 is 0 Å². The second-order valence-electron chi connectivity index (χ2n) is 14.8. The van der Waals surface area contributed by atoms with Crippen molar-refractivity contribution in [3.8, 4) is 0 Å². The molecule has 0 aromatic carbocycles. The molecule has 0 radical (unpaired) electrons. The van der Waals surface area contributed by atoms with Gasteiger partial charge >= 0.3 is 0 Å². The summed E-state index contributed by atoms with van der Waals surface area (Å²) in [5, 5.41) is 11.7. The first-order chi connectivity index (χ1) is 16.1. The number of fused-ring (bicyclic) bond motifs is 5. The van der Waals surface area contributed by atoms with Crippen molar-refractivity contribution in [2.24, 2.45) is 34.5 Å². The largest absolute Gasteiger partial charge is 0.415 e. The number of ether oxygens (including phenoxy) is 2. The van der Waals surface area contributed by atoms with E-state index in [4.69, 9.17) is 13.9 Å². The molecule has 4 fully saturated rings. The highest BCUT2D eigenvalue weighted by molar-refractivity contribution is 6.77. The van der Waals surface area contributed by atoms with E-state index in [1.54, 1.807) is 0 Å². The molecule has 4 nitrogen and oxygen atoms in total. The van der Waals surface area contributed by atoms with Gasteiger partial charge in [0.05, 0.1) is 18.3 Å². The van der Waals surface area contributed by atoms with Crippen LogP contribution in [0.15, 0.2) is 0 Å². The molecule has 0 unspecified atom stereocenters. The van der Waals surface area contributed by atoms with E-state index in [0.717, 1.165) is 25.9 Å². The van der Waals surface area contributed by atoms with Crippen molar-refractivity contribution in [2.45, 2.75) is 149 Å². The van der Waals surface area contributed by atoms with Gasteiger partial charge in [0.25, 0.3) is 0 Å². The standard InChI is InChI=1S/C30H56O4Si/c1-18(2)35(19(3)4,20(5)6)32-17-30-15-14-23-21(7)12-13-24(31)29(23,11)27(30)26-25(22(8)16-30)33-28(9,10)34-26/h18-27,31H,12-17H2,1-11H3/t21-,22-,23+,24-,25-,26-,27-,29-,30+/m1/s1. The van der Waals surface area contributed by atoms with Gasteiger partial charge in [-0.25, -0.2) is 0 Å². The zero-order valence-corrected chi connectivity index (χ0v) is 25.7. The molecule has 9 atom stereocenters. The Morgan fingerprint density at radius 3 is 2.00 bits per heavy atom. The van der Waals surface area contributed by atoms with Crippen molar-refractivity contribution in [3.05, 3.63) is 0 Å². The molecule has 4 aliphatic rings. The van der Waals surface area contributed by atoms with Crippen LogP contribution in [0.1, 0.15) is 108 Å². The third kappa shape index (κ3) is 4.22. The summed E-state index contributed by atoms with van der Waals surface area (Å²) in [6, 6.07) is 0. The molecular formula is C30H56O4Si. The Labute approximate surface area is 217 Å². The van der Waals surface area contributed by atoms with Gasteiger partial charge in [-0.1, -0.05) is 62.3 Å². The maximum Gasteiger partial charge on any atom is 0.200 e. The van der Waals surface area contributed by atoms with E-state index in [2.05, 4.69) is 76.2 Å². The van der Waals surface area contributed by atoms with E-state index in [1.165, 1.54) is 12.8 Å². The van der Waals surface area contributed by atoms with Crippen LogP contribution in [0.5, 0.6) is 0 Å². The monoisotopic (exact) mass is 508 g/mol. The molecule has 0 aromatic rings. The third-order valence-electron chi connectivity index (χ3n) is 11.5. The fourth-order valence-electron chi connectivity index (χ4n) is 10.3. The Hall–Kier alpha value is 0.0569. The Morgan fingerprint density at radius 1 is 0.857 bits per heavy atom. The first-order valence-corrected chi connectivity index (χ1v) is 16.9. The second-order valence-corrected chi connectivity index (χ2v) is 20.2. The van der Waals surface area contributed by atoms with Crippen molar-refractivity contribution in [2.75, 3.05) is 6.61 Å². The molecule has 204 valence electrons. The van der Waals surface area contributed by atoms with Crippen LogP contribution in [0.4, 0.5) is 0 Å². The maximum atomic E-state index is 11.7. The Bertz CT molecular complexity index is 744. The predicted octanol–water partition coefficient (Wildman–Crippen LogP) is 7.55. The lowest BCUT2D eigenvalue weighted by molar-refractivity contribution is -0.238. The molecule has 4 rings (SSSR count). The summed E-state index contributed by atoms with van der Waals surface area (Å²) in [6.45, 7) is 26.5. The molecule has 1 heterocycles. The lowest BCUT2D eigenvalue weighted by Gasteiger charge is -2.66. The van der Waals surface area contributed by atoms with Gasteiger partial charge in [0, 0.05) is 17.9 Å². The molecule has 0 bridgehead atoms. The predicted molar refractivity (Wildman–Crippen MR) is 146 cm³/mol. The van der Waals surface area contributed by atoms with Crippen LogP contribution in [0.2, 0.25) is 16.6 Å². The lowest BCUT2D eigenvalue weighted by Crippen LogP contribution is -2.68. The summed E-state index contributed by atoms with van der Waals surface area (Å²) in [6.07, 6.45) is 5.38. The zero-order chi connectivity index (χ0) is 26.1. The molecule has 5 heteroatoms. The lowest BCUT2D eigenvalue weighted by atomic mass is 9.41. The van der Waals surface area contributed by atoms with E-state index < -0.39 is 14.1 Å². The fraction of sp³-hybridized carbons (Fsp3) is 1.00. The number of aliphatic hydroxyl groups excluding tert-OH is 1. The van der Waals surface area contributed by atoms with E-state index in [1.807, 2.05) is 0 Å². The van der Waals surface area contributed by atoms with Crippen LogP contribution in [0.3, 0.4) is 0 Å². The number of hydrogen-bond donors (Lipinski definition) is 1. The van der Waals surface area contributed by atoms with Gasteiger partial charge in [0.1, 0.15) is 0 Å². The van der Waals surface area contributed by atoms with Gasteiger partial charge in [0.15, 0.2) is 14.1 Å². The van der Waals surface area contributed by atoms with Crippen LogP contribution < -0.4 is 0 Å². The van der Waals surface area contributed by atoms with Crippen LogP contribution in [-0.4, -0.2) is 44.1 Å². The highest BCUT2D eigenvalue weighted by Gasteiger charge is 2.69. The molecule has 3 aliphatic carbocycles. The molecule has 1 N–H and O–H groups in total. The normalized spacial score (nSPS) is 45.5. The highest BCUT2D eigenvalue weighted by Crippen LogP contribution is 2.68. The van der Waals surface area contributed by atoms with Crippen molar-refractivity contribution < 1.29 is 19.0 Å². The first kappa shape index (κ1) is 28.1. The molecule has 1 aliphatic heterocycles. The number of hydrogen-bond acceptors (Lipinski definition) is 4. The molecular weight excluding hydrogens is 452 g/mol. The van der Waals surface area contributed by atoms with Crippen LogP contribution in [0, 0.1) is 34.5 Å². The Kier molecular flexibility index (Phi) is 7.51. The van der Waals surface area contributed by atoms with Crippen molar-refractivity contribution >= 4 is 8.32 Å². The van der Waals surface area contributed by atoms with E-state index >= 15 is 0 Å². The molecule has 0 spiro atoms. The summed E-state index contributed by atoms with van der Waals surface area (Å²) in [5.41, 5.74) is 1.59. The quantitative estimate of drug-likeness (QED) is 0.376. The minimum absolute atomic E-state index is 0.0262. The topological polar surface area (TPSA) is 47.9 Å². The van der Waals surface area contributed by atoms with Crippen molar-refractivity contribution in [1.82, 2.24) is 0 Å². The van der Waals surface area contributed by atoms with E-state index in [-0.39, 0.29) is 35.1 Å². The third-order valence-corrected chi connectivity index (χ3v) is 17.5. The van der Waals surface area contributed by atoms with Gasteiger partial charge in [-0.15, -0.1) is 0 Å². The average molecular weight is 509 g/mol. The summed E-state index contributed by atoms with van der Waals surface area (Å²) in [7, 11) is -2.01. The smallest absolute Gasteiger partial charge is 0.200 e. The molecule has 0 amide bonds. The zero-order valence-electron chi connectivity index (χ0n) is 24.7. The number of aliphatic hydroxyl groups is 1. The summed E-state index contributed by atoms with van der Waals surface area (Å²) < 4.78 is 20.8. The van der Waals surface area contributed by atoms with Crippen molar-refractivity contribution in [1.29, 1.82) is 0 Å². The Balaban J connectivity index is 1.79. The molecule has 3 saturated carbocycles. The van der Waals surface area contributed by atoms with Crippen molar-refractivity contribution in [3.63, 3.8) is 0 Å². The minimum atomic E-state index is -2.01. The summed E-state index contributed by atoms with van der Waals surface area (Å²) >= 11 is 0. The number of rotatable bonds is 6. The van der Waals surface area contributed by atoms with Gasteiger partial charge in [-0.3, -0.25) is 0 Å². The Morgan fingerprint density at radius 2 is 1.43 bits per heavy atom. The van der Waals surface area contributed by atoms with Crippen LogP contribution in [-0.2, 0) is 13.9 Å². The van der Waals surface area contributed by atoms with Gasteiger partial charge in [-0.2, -0.15) is 0 Å².